The molecule has 0 aromatic heterocycles. The highest BCUT2D eigenvalue weighted by atomic mass is 32.2. The van der Waals surface area contributed by atoms with Gasteiger partial charge in [-0.05, 0) is 51.1 Å². The van der Waals surface area contributed by atoms with Gasteiger partial charge >= 0.3 is 16.3 Å². The lowest BCUT2D eigenvalue weighted by Gasteiger charge is -2.31. The summed E-state index contributed by atoms with van der Waals surface area (Å²) in [5.41, 5.74) is 0. The number of hydrogen-bond donors (Lipinski definition) is 3. The molecule has 1 aliphatic carbocycles. The van der Waals surface area contributed by atoms with Crippen molar-refractivity contribution in [2.24, 2.45) is 11.8 Å². The minimum Gasteiger partial charge on any atom is -0.449 e. The lowest BCUT2D eigenvalue weighted by Crippen LogP contribution is -2.47. The third kappa shape index (κ3) is 4.05. The number of carbonyl (C=O) groups is 1. The van der Waals surface area contributed by atoms with E-state index < -0.39 is 16.3 Å². The van der Waals surface area contributed by atoms with Crippen molar-refractivity contribution in [3.8, 4) is 0 Å². The third-order valence-electron chi connectivity index (χ3n) is 3.77. The normalized spacial score (nSPS) is 30.7. The monoisotopic (exact) mass is 291 g/mol. The van der Waals surface area contributed by atoms with Gasteiger partial charge in [0.25, 0.3) is 0 Å². The van der Waals surface area contributed by atoms with E-state index in [1.807, 2.05) is 4.72 Å². The number of hydrogen-bond acceptors (Lipinski definition) is 5. The largest absolute Gasteiger partial charge is 0.449 e. The van der Waals surface area contributed by atoms with E-state index in [9.17, 15) is 13.2 Å². The van der Waals surface area contributed by atoms with Crippen LogP contribution in [0.2, 0.25) is 0 Å². The van der Waals surface area contributed by atoms with Crippen LogP contribution in [0.3, 0.4) is 0 Å². The van der Waals surface area contributed by atoms with Gasteiger partial charge in [-0.25, -0.2) is 9.52 Å². The van der Waals surface area contributed by atoms with Crippen LogP contribution in [0.5, 0.6) is 0 Å². The first-order valence-corrected chi connectivity index (χ1v) is 8.16. The number of ether oxygens (including phenoxy) is 1. The summed E-state index contributed by atoms with van der Waals surface area (Å²) in [5.74, 6) is 1.20. The maximum Gasteiger partial charge on any atom is 0.421 e. The average Bonchev–Trinajstić information content (AvgIpc) is 2.74. The number of nitrogens with one attached hydrogen (secondary N) is 3. The molecule has 110 valence electrons. The van der Waals surface area contributed by atoms with Crippen molar-refractivity contribution in [3.63, 3.8) is 0 Å². The van der Waals surface area contributed by atoms with Gasteiger partial charge in [0.1, 0.15) is 0 Å². The van der Waals surface area contributed by atoms with Crippen molar-refractivity contribution in [2.75, 3.05) is 19.7 Å². The molecule has 2 aliphatic rings. The Hall–Kier alpha value is -0.860. The Morgan fingerprint density at radius 2 is 2.05 bits per heavy atom. The van der Waals surface area contributed by atoms with Crippen LogP contribution in [-0.2, 0) is 14.9 Å². The maximum absolute atomic E-state index is 11.7. The van der Waals surface area contributed by atoms with Gasteiger partial charge in [0, 0.05) is 6.04 Å². The topological polar surface area (TPSA) is 96.5 Å². The van der Waals surface area contributed by atoms with Gasteiger partial charge in [-0.1, -0.05) is 0 Å². The van der Waals surface area contributed by atoms with Crippen molar-refractivity contribution in [1.29, 1.82) is 0 Å². The Kier molecular flexibility index (Phi) is 4.64. The molecule has 0 bridgehead atoms. The smallest absolute Gasteiger partial charge is 0.421 e. The Bertz CT molecular complexity index is 426. The fraction of sp³-hybridized carbons (Fsp3) is 0.909. The number of amides is 1. The molecule has 2 fully saturated rings. The molecule has 1 unspecified atom stereocenters. The Labute approximate surface area is 113 Å². The van der Waals surface area contributed by atoms with Crippen molar-refractivity contribution >= 4 is 16.3 Å². The second-order valence-electron chi connectivity index (χ2n) is 5.13. The molecule has 1 amide bonds. The predicted octanol–water partition coefficient (Wildman–Crippen LogP) is -0.0450. The van der Waals surface area contributed by atoms with E-state index in [4.69, 9.17) is 0 Å². The van der Waals surface area contributed by atoms with Crippen LogP contribution in [0, 0.1) is 11.8 Å². The molecule has 3 N–H and O–H groups in total. The minimum atomic E-state index is -3.83. The van der Waals surface area contributed by atoms with E-state index in [0.29, 0.717) is 11.8 Å². The van der Waals surface area contributed by atoms with Crippen LogP contribution in [0.15, 0.2) is 0 Å². The van der Waals surface area contributed by atoms with Crippen LogP contribution in [-0.4, -0.2) is 40.2 Å². The standard InChI is InChI=1S/C11H21N3O4S/c1-2-18-11(15)14-19(16,17)13-10-4-3-8-6-12-7-9(8)5-10/h8-10,12-13H,2-7H2,1H3,(H,14,15)/t8-,9+,10?/m0/s1. The van der Waals surface area contributed by atoms with Gasteiger partial charge in [0.2, 0.25) is 0 Å². The Balaban J connectivity index is 1.84. The second kappa shape index (κ2) is 6.06. The second-order valence-corrected chi connectivity index (χ2v) is 6.58. The van der Waals surface area contributed by atoms with E-state index in [1.54, 1.807) is 6.92 Å². The number of fused-ring (bicyclic) bond motifs is 1. The fourth-order valence-corrected chi connectivity index (χ4v) is 3.92. The zero-order valence-corrected chi connectivity index (χ0v) is 11.8. The Morgan fingerprint density at radius 1 is 1.32 bits per heavy atom. The molecule has 8 heteroatoms. The molecule has 1 heterocycles. The zero-order chi connectivity index (χ0) is 13.9. The third-order valence-corrected chi connectivity index (χ3v) is 4.85. The molecule has 1 saturated heterocycles. The molecule has 2 rings (SSSR count). The summed E-state index contributed by atoms with van der Waals surface area (Å²) in [5, 5.41) is 3.33. The van der Waals surface area contributed by atoms with Gasteiger partial charge in [-0.15, -0.1) is 0 Å². The highest BCUT2D eigenvalue weighted by molar-refractivity contribution is 7.88. The number of rotatable bonds is 4. The van der Waals surface area contributed by atoms with Crippen LogP contribution >= 0.6 is 0 Å². The summed E-state index contributed by atoms with van der Waals surface area (Å²) in [6.07, 6.45) is 1.71. The summed E-state index contributed by atoms with van der Waals surface area (Å²) >= 11 is 0. The Morgan fingerprint density at radius 3 is 2.79 bits per heavy atom. The molecular formula is C11H21N3O4S. The van der Waals surface area contributed by atoms with Gasteiger partial charge < -0.3 is 10.1 Å². The van der Waals surface area contributed by atoms with Crippen LogP contribution in [0.1, 0.15) is 26.2 Å². The van der Waals surface area contributed by atoms with E-state index >= 15 is 0 Å². The SMILES string of the molecule is CCOC(=O)NS(=O)(=O)NC1CC[C@H]2CNC[C@H]2C1. The zero-order valence-electron chi connectivity index (χ0n) is 11.0. The molecule has 7 nitrogen and oxygen atoms in total. The molecule has 3 atom stereocenters. The predicted molar refractivity (Wildman–Crippen MR) is 69.7 cm³/mol. The van der Waals surface area contributed by atoms with Gasteiger partial charge in [-0.2, -0.15) is 13.1 Å². The summed E-state index contributed by atoms with van der Waals surface area (Å²) in [4.78, 5) is 11.1. The van der Waals surface area contributed by atoms with Gasteiger partial charge in [0.05, 0.1) is 6.61 Å². The van der Waals surface area contributed by atoms with E-state index in [2.05, 4.69) is 14.8 Å². The van der Waals surface area contributed by atoms with Crippen LogP contribution in [0.4, 0.5) is 4.79 Å². The first kappa shape index (κ1) is 14.5. The fourth-order valence-electron chi connectivity index (χ4n) is 2.93. The highest BCUT2D eigenvalue weighted by Crippen LogP contribution is 2.32. The first-order valence-electron chi connectivity index (χ1n) is 6.67. The molecule has 1 saturated carbocycles. The lowest BCUT2D eigenvalue weighted by molar-refractivity contribution is 0.158. The lowest BCUT2D eigenvalue weighted by atomic mass is 9.79. The van der Waals surface area contributed by atoms with E-state index in [0.717, 1.165) is 32.4 Å². The van der Waals surface area contributed by atoms with Gasteiger partial charge in [0.15, 0.2) is 0 Å². The summed E-state index contributed by atoms with van der Waals surface area (Å²) in [6.45, 7) is 3.74. The van der Waals surface area contributed by atoms with Crippen molar-refractivity contribution in [2.45, 2.75) is 32.2 Å². The van der Waals surface area contributed by atoms with E-state index in [-0.39, 0.29) is 12.6 Å². The first-order chi connectivity index (χ1) is 9.00. The molecule has 1 aliphatic heterocycles. The van der Waals surface area contributed by atoms with Crippen LogP contribution in [0.25, 0.3) is 0 Å². The summed E-state index contributed by atoms with van der Waals surface area (Å²) < 4.78 is 32.4. The molecule has 19 heavy (non-hydrogen) atoms. The molecule has 0 spiro atoms. The minimum absolute atomic E-state index is 0.104. The molecule has 0 radical (unpaired) electrons. The summed E-state index contributed by atoms with van der Waals surface area (Å²) in [6, 6.07) is -0.104. The summed E-state index contributed by atoms with van der Waals surface area (Å²) in [7, 11) is -3.83. The van der Waals surface area contributed by atoms with Crippen molar-refractivity contribution in [1.82, 2.24) is 14.8 Å². The van der Waals surface area contributed by atoms with Crippen molar-refractivity contribution < 1.29 is 17.9 Å². The van der Waals surface area contributed by atoms with E-state index in [1.165, 1.54) is 0 Å². The highest BCUT2D eigenvalue weighted by Gasteiger charge is 2.35. The average molecular weight is 291 g/mol. The number of carbonyl (C=O) groups excluding carboxylic acids is 1. The molecule has 0 aromatic carbocycles. The maximum atomic E-state index is 11.7. The van der Waals surface area contributed by atoms with Crippen molar-refractivity contribution in [3.05, 3.63) is 0 Å². The molecule has 0 aromatic rings. The van der Waals surface area contributed by atoms with Crippen LogP contribution < -0.4 is 14.8 Å². The molecular weight excluding hydrogens is 270 g/mol. The van der Waals surface area contributed by atoms with Gasteiger partial charge in [-0.3, -0.25) is 0 Å². The quantitative estimate of drug-likeness (QED) is 0.675.